The lowest BCUT2D eigenvalue weighted by atomic mass is 10.00. The molecule has 3 heterocycles. The van der Waals surface area contributed by atoms with Crippen molar-refractivity contribution in [1.82, 2.24) is 19.8 Å². The Morgan fingerprint density at radius 1 is 1.19 bits per heavy atom. The number of rotatable bonds is 6. The van der Waals surface area contributed by atoms with E-state index < -0.39 is 0 Å². The second-order valence-electron chi connectivity index (χ2n) is 9.47. The summed E-state index contributed by atoms with van der Waals surface area (Å²) >= 11 is 0. The topological polar surface area (TPSA) is 78.8 Å². The number of aromatic nitrogens is 2. The van der Waals surface area contributed by atoms with Crippen LogP contribution >= 0.6 is 0 Å². The Kier molecular flexibility index (Phi) is 8.49. The Hall–Kier alpha value is -3.80. The zero-order chi connectivity index (χ0) is 26.4. The minimum Gasteiger partial charge on any atom is -0.472 e. The highest BCUT2D eigenvalue weighted by molar-refractivity contribution is 5.97. The van der Waals surface area contributed by atoms with Crippen LogP contribution in [-0.4, -0.2) is 69.7 Å². The lowest BCUT2D eigenvalue weighted by Crippen LogP contribution is -2.49. The summed E-state index contributed by atoms with van der Waals surface area (Å²) < 4.78 is 19.5. The van der Waals surface area contributed by atoms with Crippen LogP contribution in [0.5, 0.6) is 5.88 Å². The number of fused-ring (bicyclic) bond motifs is 1. The molecule has 192 valence electrons. The van der Waals surface area contributed by atoms with Gasteiger partial charge in [-0.3, -0.25) is 14.7 Å². The molecule has 0 radical (unpaired) electrons. The third-order valence-corrected chi connectivity index (χ3v) is 6.37. The molecule has 8 heteroatoms. The van der Waals surface area contributed by atoms with Gasteiger partial charge in [0, 0.05) is 49.1 Å². The second-order valence-corrected chi connectivity index (χ2v) is 9.47. The van der Waals surface area contributed by atoms with Gasteiger partial charge < -0.3 is 14.7 Å². The molecule has 0 fully saturated rings. The zero-order valence-corrected chi connectivity index (χ0v) is 21.3. The number of hydrogen-bond acceptors (Lipinski definition) is 6. The Bertz CT molecular complexity index is 1270. The van der Waals surface area contributed by atoms with E-state index in [1.807, 2.05) is 39.1 Å². The maximum absolute atomic E-state index is 13.6. The third-order valence-electron chi connectivity index (χ3n) is 6.37. The number of hydrogen-bond donors (Lipinski definition) is 1. The van der Waals surface area contributed by atoms with E-state index in [9.17, 15) is 14.3 Å². The zero-order valence-electron chi connectivity index (χ0n) is 21.3. The summed E-state index contributed by atoms with van der Waals surface area (Å²) in [6.45, 7) is 5.38. The molecule has 0 saturated heterocycles. The van der Waals surface area contributed by atoms with Crippen molar-refractivity contribution in [2.75, 3.05) is 26.7 Å². The van der Waals surface area contributed by atoms with E-state index >= 15 is 0 Å². The van der Waals surface area contributed by atoms with E-state index in [-0.39, 0.29) is 42.3 Å². The number of benzene rings is 1. The molecule has 0 aliphatic carbocycles. The predicted molar refractivity (Wildman–Crippen MR) is 138 cm³/mol. The smallest absolute Gasteiger partial charge is 0.259 e. The number of aliphatic hydroxyl groups is 1. The highest BCUT2D eigenvalue weighted by atomic mass is 19.1. The van der Waals surface area contributed by atoms with E-state index in [1.165, 1.54) is 12.1 Å². The first kappa shape index (κ1) is 26.3. The Morgan fingerprint density at radius 3 is 2.65 bits per heavy atom. The van der Waals surface area contributed by atoms with E-state index in [2.05, 4.69) is 26.7 Å². The second kappa shape index (κ2) is 12.0. The lowest BCUT2D eigenvalue weighted by Gasteiger charge is -2.37. The van der Waals surface area contributed by atoms with Crippen molar-refractivity contribution >= 4 is 5.91 Å². The average Bonchev–Trinajstić information content (AvgIpc) is 2.90. The number of aliphatic hydroxyl groups excluding tert-OH is 1. The van der Waals surface area contributed by atoms with Crippen LogP contribution in [0, 0.1) is 23.6 Å². The van der Waals surface area contributed by atoms with Gasteiger partial charge in [0.15, 0.2) is 0 Å². The molecule has 1 aliphatic rings. The van der Waals surface area contributed by atoms with Gasteiger partial charge in [-0.25, -0.2) is 9.37 Å². The highest BCUT2D eigenvalue weighted by Crippen LogP contribution is 2.27. The summed E-state index contributed by atoms with van der Waals surface area (Å²) in [4.78, 5) is 26.2. The van der Waals surface area contributed by atoms with Crippen LogP contribution in [-0.2, 0) is 6.54 Å². The third kappa shape index (κ3) is 6.70. The maximum Gasteiger partial charge on any atom is 0.259 e. The lowest BCUT2D eigenvalue weighted by molar-refractivity contribution is 0.0324. The standard InChI is InChI=1S/C29H31FN4O3/c1-20-16-34(21(2)19-35)29(36)26-14-23(8-7-22-9-11-24(30)12-10-22)15-32-28(26)37-27(20)18-33(3)17-25-6-4-5-13-31-25/h4-6,9-15,20-21,27,35H,16-19H2,1-3H3/t20-,21+,27-/m0/s1. The van der Waals surface area contributed by atoms with Gasteiger partial charge in [0.1, 0.15) is 17.5 Å². The monoisotopic (exact) mass is 502 g/mol. The normalized spacial score (nSPS) is 18.2. The molecule has 1 N–H and O–H groups in total. The predicted octanol–water partition coefficient (Wildman–Crippen LogP) is 3.37. The molecule has 7 nitrogen and oxygen atoms in total. The Balaban J connectivity index is 1.62. The van der Waals surface area contributed by atoms with Crippen molar-refractivity contribution < 1.29 is 19.0 Å². The summed E-state index contributed by atoms with van der Waals surface area (Å²) in [6.07, 6.45) is 3.09. The molecule has 0 bridgehead atoms. The van der Waals surface area contributed by atoms with Crippen LogP contribution in [0.4, 0.5) is 4.39 Å². The number of halogens is 1. The number of carbonyl (C=O) groups is 1. The Morgan fingerprint density at radius 2 is 1.95 bits per heavy atom. The van der Waals surface area contributed by atoms with Crippen molar-refractivity contribution in [2.24, 2.45) is 5.92 Å². The van der Waals surface area contributed by atoms with Crippen molar-refractivity contribution in [3.8, 4) is 17.7 Å². The van der Waals surface area contributed by atoms with Crippen molar-refractivity contribution in [3.63, 3.8) is 0 Å². The summed E-state index contributed by atoms with van der Waals surface area (Å²) in [6, 6.07) is 13.0. The fraction of sp³-hybridized carbons (Fsp3) is 0.345. The van der Waals surface area contributed by atoms with Gasteiger partial charge >= 0.3 is 0 Å². The van der Waals surface area contributed by atoms with Gasteiger partial charge in [0.25, 0.3) is 5.91 Å². The van der Waals surface area contributed by atoms with Crippen LogP contribution in [0.2, 0.25) is 0 Å². The highest BCUT2D eigenvalue weighted by Gasteiger charge is 2.34. The van der Waals surface area contributed by atoms with E-state index in [0.29, 0.717) is 36.3 Å². The minimum absolute atomic E-state index is 0.0166. The van der Waals surface area contributed by atoms with Gasteiger partial charge in [0.2, 0.25) is 5.88 Å². The van der Waals surface area contributed by atoms with Crippen molar-refractivity contribution in [2.45, 2.75) is 32.5 Å². The summed E-state index contributed by atoms with van der Waals surface area (Å²) in [5.41, 5.74) is 2.44. The van der Waals surface area contributed by atoms with Crippen LogP contribution in [0.3, 0.4) is 0 Å². The van der Waals surface area contributed by atoms with Gasteiger partial charge in [-0.15, -0.1) is 0 Å². The SMILES string of the molecule is C[C@H](CO)N1C[C@H](C)[C@H](CN(C)Cc2ccccn2)Oc2ncc(C#Cc3ccc(F)cc3)cc2C1=O. The molecule has 3 aromatic rings. The molecular weight excluding hydrogens is 471 g/mol. The fourth-order valence-electron chi connectivity index (χ4n) is 4.21. The van der Waals surface area contributed by atoms with Crippen molar-refractivity contribution in [1.29, 1.82) is 0 Å². The first-order valence-electron chi connectivity index (χ1n) is 12.3. The molecule has 3 atom stereocenters. The van der Waals surface area contributed by atoms with Crippen LogP contribution in [0.25, 0.3) is 0 Å². The van der Waals surface area contributed by atoms with Crippen LogP contribution in [0.15, 0.2) is 60.9 Å². The van der Waals surface area contributed by atoms with Crippen LogP contribution in [0.1, 0.15) is 41.0 Å². The molecule has 1 aromatic carbocycles. The molecule has 0 spiro atoms. The van der Waals surface area contributed by atoms with E-state index in [4.69, 9.17) is 4.74 Å². The Labute approximate surface area is 216 Å². The quantitative estimate of drug-likeness (QED) is 0.521. The molecule has 1 aliphatic heterocycles. The number of pyridine rings is 2. The van der Waals surface area contributed by atoms with Crippen LogP contribution < -0.4 is 4.74 Å². The number of ether oxygens (including phenoxy) is 1. The minimum atomic E-state index is -0.373. The number of carbonyl (C=O) groups excluding carboxylic acids is 1. The molecule has 4 rings (SSSR count). The summed E-state index contributed by atoms with van der Waals surface area (Å²) in [5.74, 6) is 5.61. The molecule has 2 aromatic heterocycles. The fourth-order valence-corrected chi connectivity index (χ4v) is 4.21. The molecule has 0 saturated carbocycles. The summed E-state index contributed by atoms with van der Waals surface area (Å²) in [5, 5.41) is 9.86. The van der Waals surface area contributed by atoms with E-state index in [0.717, 1.165) is 5.69 Å². The van der Waals surface area contributed by atoms with Gasteiger partial charge in [-0.05, 0) is 56.4 Å². The number of nitrogens with zero attached hydrogens (tertiary/aromatic N) is 4. The first-order chi connectivity index (χ1) is 17.8. The van der Waals surface area contributed by atoms with Gasteiger partial charge in [-0.2, -0.15) is 0 Å². The average molecular weight is 503 g/mol. The maximum atomic E-state index is 13.6. The molecule has 0 unspecified atom stereocenters. The van der Waals surface area contributed by atoms with E-state index in [1.54, 1.807) is 35.5 Å². The largest absolute Gasteiger partial charge is 0.472 e. The number of likely N-dealkylation sites (N-methyl/N-ethyl adjacent to an activating group) is 1. The molecule has 1 amide bonds. The van der Waals surface area contributed by atoms with Crippen molar-refractivity contribution in [3.05, 3.63) is 89.1 Å². The first-order valence-corrected chi connectivity index (χ1v) is 12.3. The number of amides is 1. The van der Waals surface area contributed by atoms with Gasteiger partial charge in [0.05, 0.1) is 18.3 Å². The van der Waals surface area contributed by atoms with Gasteiger partial charge in [-0.1, -0.05) is 24.8 Å². The summed E-state index contributed by atoms with van der Waals surface area (Å²) in [7, 11) is 2.01. The molecular formula is C29H31FN4O3. The molecule has 37 heavy (non-hydrogen) atoms.